The zero-order valence-electron chi connectivity index (χ0n) is 16.2. The molecule has 29 heavy (non-hydrogen) atoms. The van der Waals surface area contributed by atoms with Crippen LogP contribution in [0, 0.1) is 0 Å². The molecule has 0 spiro atoms. The monoisotopic (exact) mass is 409 g/mol. The topological polar surface area (TPSA) is 91.2 Å². The van der Waals surface area contributed by atoms with Crippen molar-refractivity contribution in [2.75, 3.05) is 7.11 Å². The molecular weight excluding hydrogens is 390 g/mol. The summed E-state index contributed by atoms with van der Waals surface area (Å²) < 4.78 is 6.29. The van der Waals surface area contributed by atoms with Gasteiger partial charge in [-0.3, -0.25) is 9.59 Å². The Labute approximate surface area is 172 Å². The molecular formula is C21H19N3O4S. The van der Waals surface area contributed by atoms with Gasteiger partial charge in [-0.15, -0.1) is 0 Å². The van der Waals surface area contributed by atoms with Gasteiger partial charge in [0.15, 0.2) is 17.2 Å². The van der Waals surface area contributed by atoms with Gasteiger partial charge in [-0.1, -0.05) is 24.8 Å². The van der Waals surface area contributed by atoms with Gasteiger partial charge in [-0.2, -0.15) is 5.10 Å². The van der Waals surface area contributed by atoms with E-state index in [4.69, 9.17) is 0 Å². The number of hydrogen-bond donors (Lipinski definition) is 0. The number of esters is 1. The minimum Gasteiger partial charge on any atom is -0.465 e. The molecule has 0 saturated heterocycles. The van der Waals surface area contributed by atoms with E-state index in [-0.39, 0.29) is 11.7 Å². The molecule has 0 N–H and O–H groups in total. The quantitative estimate of drug-likeness (QED) is 0.254. The van der Waals surface area contributed by atoms with Crippen LogP contribution in [-0.2, 0) is 9.53 Å². The molecule has 0 aliphatic rings. The van der Waals surface area contributed by atoms with Crippen LogP contribution in [0.2, 0.25) is 0 Å². The van der Waals surface area contributed by atoms with Gasteiger partial charge in [-0.05, 0) is 42.8 Å². The maximum absolute atomic E-state index is 11.8. The fourth-order valence-corrected chi connectivity index (χ4v) is 3.52. The molecule has 0 saturated carbocycles. The van der Waals surface area contributed by atoms with Gasteiger partial charge in [0.2, 0.25) is 0 Å². The molecule has 0 bridgehead atoms. The largest absolute Gasteiger partial charge is 0.465 e. The van der Waals surface area contributed by atoms with Crippen molar-refractivity contribution in [3.05, 3.63) is 71.2 Å². The van der Waals surface area contributed by atoms with Crippen molar-refractivity contribution in [2.45, 2.75) is 24.7 Å². The molecule has 1 aromatic carbocycles. The normalized spacial score (nSPS) is 11.7. The van der Waals surface area contributed by atoms with Gasteiger partial charge in [0.1, 0.15) is 0 Å². The van der Waals surface area contributed by atoms with E-state index in [0.717, 1.165) is 23.0 Å². The minimum absolute atomic E-state index is 0.0578. The van der Waals surface area contributed by atoms with E-state index in [1.165, 1.54) is 20.2 Å². The first kappa shape index (κ1) is 20.5. The highest BCUT2D eigenvalue weighted by molar-refractivity contribution is 8.12. The first-order chi connectivity index (χ1) is 13.9. The number of Topliss-reactive ketones (excluding diaryl/α,β-unsaturated/α-hetero) is 1. The average Bonchev–Trinajstić information content (AvgIpc) is 3.23. The Morgan fingerprint density at radius 3 is 2.62 bits per heavy atom. The average molecular weight is 409 g/mol. The second kappa shape index (κ2) is 8.83. The Hall–Kier alpha value is -3.26. The third-order valence-electron chi connectivity index (χ3n) is 4.52. The number of thioether (sulfide) groups is 1. The highest BCUT2D eigenvalue weighted by atomic mass is 32.2. The zero-order chi connectivity index (χ0) is 21.0. The van der Waals surface area contributed by atoms with Gasteiger partial charge < -0.3 is 4.74 Å². The molecule has 3 aromatic rings. The number of pyridine rings is 1. The highest BCUT2D eigenvalue weighted by Crippen LogP contribution is 2.29. The van der Waals surface area contributed by atoms with Crippen LogP contribution in [0.15, 0.2) is 53.7 Å². The zero-order valence-corrected chi connectivity index (χ0v) is 17.0. The molecule has 0 fully saturated rings. The Morgan fingerprint density at radius 1 is 1.21 bits per heavy atom. The molecule has 148 valence electrons. The number of methoxy groups -OCH3 is 1. The fourth-order valence-electron chi connectivity index (χ4n) is 2.88. The SMILES string of the molecule is COC(=O)c1ccc(-n2ccc(C(C)c3ccc(C(C)=O)c(SC=O)c3)n2)nc1. The van der Waals surface area contributed by atoms with Crippen molar-refractivity contribution in [2.24, 2.45) is 0 Å². The Kier molecular flexibility index (Phi) is 6.23. The maximum Gasteiger partial charge on any atom is 0.339 e. The van der Waals surface area contributed by atoms with E-state index in [9.17, 15) is 14.4 Å². The lowest BCUT2D eigenvalue weighted by atomic mass is 9.96. The summed E-state index contributed by atoms with van der Waals surface area (Å²) in [5, 5.41) is 4.58. The van der Waals surface area contributed by atoms with Crippen molar-refractivity contribution in [3.8, 4) is 5.82 Å². The van der Waals surface area contributed by atoms with Gasteiger partial charge in [-0.25, -0.2) is 14.5 Å². The number of nitrogens with zero attached hydrogens (tertiary/aromatic N) is 3. The van der Waals surface area contributed by atoms with E-state index >= 15 is 0 Å². The van der Waals surface area contributed by atoms with Crippen molar-refractivity contribution < 1.29 is 19.1 Å². The Balaban J connectivity index is 1.86. The van der Waals surface area contributed by atoms with Crippen LogP contribution in [0.25, 0.3) is 5.82 Å². The van der Waals surface area contributed by atoms with Gasteiger partial charge in [0, 0.05) is 28.8 Å². The summed E-state index contributed by atoms with van der Waals surface area (Å²) in [6.07, 6.45) is 3.23. The van der Waals surface area contributed by atoms with Gasteiger partial charge in [0.25, 0.3) is 0 Å². The van der Waals surface area contributed by atoms with Crippen LogP contribution in [0.1, 0.15) is 51.7 Å². The van der Waals surface area contributed by atoms with Crippen molar-refractivity contribution in [3.63, 3.8) is 0 Å². The highest BCUT2D eigenvalue weighted by Gasteiger charge is 2.16. The summed E-state index contributed by atoms with van der Waals surface area (Å²) >= 11 is 0.990. The van der Waals surface area contributed by atoms with E-state index in [2.05, 4.69) is 14.8 Å². The number of hydrogen-bond acceptors (Lipinski definition) is 7. The van der Waals surface area contributed by atoms with Crippen LogP contribution in [-0.4, -0.2) is 39.2 Å². The van der Waals surface area contributed by atoms with Gasteiger partial charge >= 0.3 is 5.97 Å². The first-order valence-corrected chi connectivity index (χ1v) is 9.68. The summed E-state index contributed by atoms with van der Waals surface area (Å²) in [5.74, 6) is -0.0195. The smallest absolute Gasteiger partial charge is 0.339 e. The Bertz CT molecular complexity index is 1060. The van der Waals surface area contributed by atoms with E-state index < -0.39 is 5.97 Å². The molecule has 0 aliphatic heterocycles. The molecule has 0 radical (unpaired) electrons. The predicted molar refractivity (Wildman–Crippen MR) is 109 cm³/mol. The molecule has 1 unspecified atom stereocenters. The minimum atomic E-state index is -0.447. The molecule has 0 amide bonds. The number of carbonyl (C=O) groups is 3. The number of ketones is 1. The molecule has 2 heterocycles. The maximum atomic E-state index is 11.8. The summed E-state index contributed by atoms with van der Waals surface area (Å²) in [7, 11) is 1.32. The van der Waals surface area contributed by atoms with Crippen LogP contribution in [0.5, 0.6) is 0 Å². The lowest BCUT2D eigenvalue weighted by molar-refractivity contribution is 0.0600. The van der Waals surface area contributed by atoms with E-state index in [0.29, 0.717) is 27.5 Å². The summed E-state index contributed by atoms with van der Waals surface area (Å²) in [6.45, 7) is 3.48. The van der Waals surface area contributed by atoms with E-state index in [1.54, 1.807) is 29.1 Å². The number of carbonyl (C=O) groups excluding carboxylic acids is 3. The van der Waals surface area contributed by atoms with Crippen molar-refractivity contribution in [1.82, 2.24) is 14.8 Å². The van der Waals surface area contributed by atoms with Gasteiger partial charge in [0.05, 0.1) is 18.4 Å². The molecule has 2 aromatic heterocycles. The van der Waals surface area contributed by atoms with Crippen LogP contribution < -0.4 is 0 Å². The van der Waals surface area contributed by atoms with Crippen molar-refractivity contribution in [1.29, 1.82) is 0 Å². The summed E-state index contributed by atoms with van der Waals surface area (Å²) in [4.78, 5) is 39.1. The van der Waals surface area contributed by atoms with Crippen LogP contribution in [0.3, 0.4) is 0 Å². The molecule has 0 aliphatic carbocycles. The van der Waals surface area contributed by atoms with Crippen LogP contribution in [0.4, 0.5) is 0 Å². The predicted octanol–water partition coefficient (Wildman–Crippen LogP) is 3.69. The lowest BCUT2D eigenvalue weighted by Gasteiger charge is -2.12. The summed E-state index contributed by atoms with van der Waals surface area (Å²) in [6, 6.07) is 10.7. The second-order valence-corrected chi connectivity index (χ2v) is 7.20. The third-order valence-corrected chi connectivity index (χ3v) is 5.21. The van der Waals surface area contributed by atoms with Crippen molar-refractivity contribution >= 4 is 29.1 Å². The summed E-state index contributed by atoms with van der Waals surface area (Å²) in [5.41, 5.74) is 3.36. The lowest BCUT2D eigenvalue weighted by Crippen LogP contribution is -2.05. The first-order valence-electron chi connectivity index (χ1n) is 8.80. The van der Waals surface area contributed by atoms with Crippen LogP contribution >= 0.6 is 11.8 Å². The molecule has 8 heteroatoms. The van der Waals surface area contributed by atoms with E-state index in [1.807, 2.05) is 25.1 Å². The third kappa shape index (κ3) is 4.43. The standard InChI is InChI=1S/C21H19N3O4S/c1-13(15-4-6-17(14(2)26)19(10-15)29-12-25)18-8-9-24(23-18)20-7-5-16(11-22-20)21(27)28-3/h4-13H,1-3H3. The molecule has 7 nitrogen and oxygen atoms in total. The number of rotatable bonds is 7. The Morgan fingerprint density at radius 2 is 2.00 bits per heavy atom. The second-order valence-electron chi connectivity index (χ2n) is 6.33. The number of aromatic nitrogens is 3. The number of benzene rings is 1. The molecule has 1 atom stereocenters. The fraction of sp³-hybridized carbons (Fsp3) is 0.190. The number of ether oxygens (including phenoxy) is 1. The molecule has 3 rings (SSSR count).